The number of methoxy groups -OCH3 is 1. The highest BCUT2D eigenvalue weighted by Crippen LogP contribution is 2.28. The topological polar surface area (TPSA) is 64.4 Å². The van der Waals surface area contributed by atoms with Crippen molar-refractivity contribution in [1.29, 1.82) is 0 Å². The van der Waals surface area contributed by atoms with E-state index in [0.29, 0.717) is 48.4 Å². The van der Waals surface area contributed by atoms with Crippen LogP contribution in [0.1, 0.15) is 57.8 Å². The maximum Gasteiger partial charge on any atom is 0.266 e. The molecule has 8 heteroatoms. The fourth-order valence-electron chi connectivity index (χ4n) is 4.10. The van der Waals surface area contributed by atoms with E-state index < -0.39 is 11.9 Å². The Kier molecular flexibility index (Phi) is 9.19. The maximum atomic E-state index is 13.9. The number of unbranched alkanes of at least 4 members (excludes halogenated alkanes) is 2. The summed E-state index contributed by atoms with van der Waals surface area (Å²) in [5, 5.41) is 0.336. The van der Waals surface area contributed by atoms with Crippen LogP contribution >= 0.6 is 11.6 Å². The molecule has 1 amide bonds. The molecule has 1 heterocycles. The van der Waals surface area contributed by atoms with E-state index in [2.05, 4.69) is 6.92 Å². The first-order chi connectivity index (χ1) is 16.4. The molecule has 0 saturated carbocycles. The first kappa shape index (κ1) is 25.8. The van der Waals surface area contributed by atoms with Gasteiger partial charge in [0.1, 0.15) is 11.6 Å². The zero-order valence-electron chi connectivity index (χ0n) is 19.9. The lowest BCUT2D eigenvalue weighted by molar-refractivity contribution is -0.135. The quantitative estimate of drug-likeness (QED) is 0.326. The summed E-state index contributed by atoms with van der Waals surface area (Å²) in [4.78, 5) is 33.5. The monoisotopic (exact) mass is 487 g/mol. The van der Waals surface area contributed by atoms with Crippen molar-refractivity contribution in [2.75, 3.05) is 20.3 Å². The zero-order valence-corrected chi connectivity index (χ0v) is 20.6. The fraction of sp³-hybridized carbons (Fsp3) is 0.423. The minimum absolute atomic E-state index is 0.0107. The Balaban J connectivity index is 2.21. The van der Waals surface area contributed by atoms with Crippen molar-refractivity contribution in [3.63, 3.8) is 0 Å². The molecule has 34 heavy (non-hydrogen) atoms. The molecular weight excluding hydrogens is 457 g/mol. The lowest BCUT2D eigenvalue weighted by Crippen LogP contribution is -2.40. The summed E-state index contributed by atoms with van der Waals surface area (Å²) in [7, 11) is 1.59. The average molecular weight is 488 g/mol. The Labute approximate surface area is 204 Å². The minimum atomic E-state index is -0.575. The molecule has 0 aliphatic carbocycles. The van der Waals surface area contributed by atoms with Gasteiger partial charge in [0.25, 0.3) is 5.56 Å². The van der Waals surface area contributed by atoms with E-state index in [1.54, 1.807) is 30.2 Å². The molecule has 6 nitrogen and oxygen atoms in total. The summed E-state index contributed by atoms with van der Waals surface area (Å²) in [5.41, 5.74) is 0.635. The third kappa shape index (κ3) is 5.65. The van der Waals surface area contributed by atoms with E-state index in [4.69, 9.17) is 21.3 Å². The molecule has 0 spiro atoms. The first-order valence-electron chi connectivity index (χ1n) is 11.7. The Morgan fingerprint density at radius 2 is 1.97 bits per heavy atom. The standard InChI is InChI=1S/C26H31ClFN3O3/c1-4-6-7-12-24(32)30(15-16-34-3)23(5-2)25-29-22-11-9-8-10-19(22)26(33)31(25)18-13-14-21(28)20(27)17-18/h8-11,13-14,17,23H,4-7,12,15-16H2,1-3H3. The molecule has 1 atom stereocenters. The SMILES string of the molecule is CCCCCC(=O)N(CCOC)C(CC)c1nc2ccccc2c(=O)n1-c1ccc(F)c(Cl)c1. The van der Waals surface area contributed by atoms with Gasteiger partial charge in [0.2, 0.25) is 5.91 Å². The number of carbonyl (C=O) groups is 1. The number of carbonyl (C=O) groups excluding carboxylic acids is 1. The van der Waals surface area contributed by atoms with E-state index >= 15 is 0 Å². The van der Waals surface area contributed by atoms with Crippen LogP contribution in [0.15, 0.2) is 47.3 Å². The number of fused-ring (bicyclic) bond motifs is 1. The molecule has 3 rings (SSSR count). The van der Waals surface area contributed by atoms with Crippen molar-refractivity contribution in [3.8, 4) is 5.69 Å². The molecule has 0 N–H and O–H groups in total. The second-order valence-corrected chi connectivity index (χ2v) is 8.59. The van der Waals surface area contributed by atoms with E-state index in [-0.39, 0.29) is 16.5 Å². The van der Waals surface area contributed by atoms with E-state index in [1.807, 2.05) is 13.0 Å². The number of halogens is 2. The average Bonchev–Trinajstić information content (AvgIpc) is 2.83. The molecule has 0 saturated heterocycles. The normalized spacial score (nSPS) is 12.1. The summed E-state index contributed by atoms with van der Waals surface area (Å²) in [6.07, 6.45) is 3.71. The largest absolute Gasteiger partial charge is 0.383 e. The predicted octanol–water partition coefficient (Wildman–Crippen LogP) is 5.68. The van der Waals surface area contributed by atoms with Crippen molar-refractivity contribution < 1.29 is 13.9 Å². The van der Waals surface area contributed by atoms with Crippen LogP contribution in [0, 0.1) is 5.82 Å². The van der Waals surface area contributed by atoms with Gasteiger partial charge < -0.3 is 9.64 Å². The number of hydrogen-bond donors (Lipinski definition) is 0. The van der Waals surface area contributed by atoms with Crippen LogP contribution in [-0.2, 0) is 9.53 Å². The van der Waals surface area contributed by atoms with Gasteiger partial charge in [-0.3, -0.25) is 14.2 Å². The van der Waals surface area contributed by atoms with E-state index in [1.165, 1.54) is 22.8 Å². The third-order valence-electron chi connectivity index (χ3n) is 5.87. The molecule has 0 aliphatic rings. The summed E-state index contributed by atoms with van der Waals surface area (Å²) < 4.78 is 20.6. The van der Waals surface area contributed by atoms with Gasteiger partial charge in [0.15, 0.2) is 0 Å². The highest BCUT2D eigenvalue weighted by atomic mass is 35.5. The summed E-state index contributed by atoms with van der Waals surface area (Å²) in [5.74, 6) is -0.175. The van der Waals surface area contributed by atoms with Crippen LogP contribution < -0.4 is 5.56 Å². The van der Waals surface area contributed by atoms with Crippen molar-refractivity contribution >= 4 is 28.4 Å². The van der Waals surface area contributed by atoms with Crippen LogP contribution in [0.2, 0.25) is 5.02 Å². The summed E-state index contributed by atoms with van der Waals surface area (Å²) in [6, 6.07) is 10.7. The highest BCUT2D eigenvalue weighted by molar-refractivity contribution is 6.30. The van der Waals surface area contributed by atoms with E-state index in [9.17, 15) is 14.0 Å². The molecule has 182 valence electrons. The lowest BCUT2D eigenvalue weighted by atomic mass is 10.1. The molecule has 0 fully saturated rings. The minimum Gasteiger partial charge on any atom is -0.383 e. The van der Waals surface area contributed by atoms with Gasteiger partial charge in [-0.05, 0) is 43.2 Å². The Hall–Kier alpha value is -2.77. The predicted molar refractivity (Wildman–Crippen MR) is 133 cm³/mol. The number of aromatic nitrogens is 2. The van der Waals surface area contributed by atoms with Gasteiger partial charge in [-0.1, -0.05) is 50.4 Å². The second kappa shape index (κ2) is 12.1. The molecule has 0 bridgehead atoms. The highest BCUT2D eigenvalue weighted by Gasteiger charge is 2.28. The van der Waals surface area contributed by atoms with Crippen LogP contribution in [-0.4, -0.2) is 40.6 Å². The van der Waals surface area contributed by atoms with Crippen LogP contribution in [0.5, 0.6) is 0 Å². The van der Waals surface area contributed by atoms with Gasteiger partial charge in [0, 0.05) is 20.1 Å². The molecule has 0 radical (unpaired) electrons. The Bertz CT molecular complexity index is 1200. The van der Waals surface area contributed by atoms with Gasteiger partial charge in [0.05, 0.1) is 34.3 Å². The number of benzene rings is 2. The Morgan fingerprint density at radius 3 is 2.65 bits per heavy atom. The lowest BCUT2D eigenvalue weighted by Gasteiger charge is -2.32. The molecule has 1 unspecified atom stereocenters. The molecule has 0 aliphatic heterocycles. The zero-order chi connectivity index (χ0) is 24.7. The van der Waals surface area contributed by atoms with Crippen LogP contribution in [0.4, 0.5) is 4.39 Å². The van der Waals surface area contributed by atoms with Gasteiger partial charge in [-0.15, -0.1) is 0 Å². The van der Waals surface area contributed by atoms with Crippen LogP contribution in [0.25, 0.3) is 16.6 Å². The van der Waals surface area contributed by atoms with Crippen molar-refractivity contribution in [1.82, 2.24) is 14.5 Å². The van der Waals surface area contributed by atoms with Gasteiger partial charge in [-0.25, -0.2) is 9.37 Å². The first-order valence-corrected chi connectivity index (χ1v) is 12.1. The summed E-state index contributed by atoms with van der Waals surface area (Å²) >= 11 is 6.06. The summed E-state index contributed by atoms with van der Waals surface area (Å²) in [6.45, 7) is 4.77. The number of rotatable bonds is 11. The smallest absolute Gasteiger partial charge is 0.266 e. The van der Waals surface area contributed by atoms with Crippen molar-refractivity contribution in [2.45, 2.75) is 52.0 Å². The van der Waals surface area contributed by atoms with Crippen molar-refractivity contribution in [2.24, 2.45) is 0 Å². The fourth-order valence-corrected chi connectivity index (χ4v) is 4.28. The van der Waals surface area contributed by atoms with E-state index in [0.717, 1.165) is 19.3 Å². The molecule has 1 aromatic heterocycles. The molecule has 3 aromatic rings. The number of para-hydroxylation sites is 1. The number of nitrogens with zero attached hydrogens (tertiary/aromatic N) is 3. The number of hydrogen-bond acceptors (Lipinski definition) is 4. The molecule has 2 aromatic carbocycles. The van der Waals surface area contributed by atoms with Crippen molar-refractivity contribution in [3.05, 3.63) is 69.5 Å². The second-order valence-electron chi connectivity index (χ2n) is 8.19. The number of amides is 1. The van der Waals surface area contributed by atoms with Crippen LogP contribution in [0.3, 0.4) is 0 Å². The third-order valence-corrected chi connectivity index (χ3v) is 6.16. The van der Waals surface area contributed by atoms with Gasteiger partial charge in [-0.2, -0.15) is 0 Å². The molecular formula is C26H31ClFN3O3. The number of ether oxygens (including phenoxy) is 1. The van der Waals surface area contributed by atoms with Gasteiger partial charge >= 0.3 is 0 Å². The maximum absolute atomic E-state index is 13.9. The Morgan fingerprint density at radius 1 is 1.21 bits per heavy atom.